The molecule has 0 radical (unpaired) electrons. The summed E-state index contributed by atoms with van der Waals surface area (Å²) in [5.41, 5.74) is 6.32. The Morgan fingerprint density at radius 1 is 1.13 bits per heavy atom. The molecule has 0 bridgehead atoms. The summed E-state index contributed by atoms with van der Waals surface area (Å²) in [7, 11) is 0. The number of carbonyl (C=O) groups excluding carboxylic acids is 1. The Morgan fingerprint density at radius 2 is 1.93 bits per heavy atom. The minimum absolute atomic E-state index is 0.0475. The first-order valence-corrected chi connectivity index (χ1v) is 10.9. The molecule has 0 aliphatic carbocycles. The number of imidazole rings is 1. The van der Waals surface area contributed by atoms with Crippen LogP contribution in [0.25, 0.3) is 11.0 Å². The molecule has 2 saturated heterocycles. The maximum absolute atomic E-state index is 13.1. The highest BCUT2D eigenvalue weighted by atomic mass is 16.2. The summed E-state index contributed by atoms with van der Waals surface area (Å²) in [4.78, 5) is 22.1. The number of likely N-dealkylation sites (tertiary alicyclic amines) is 2. The van der Waals surface area contributed by atoms with Gasteiger partial charge in [-0.3, -0.25) is 9.89 Å². The lowest BCUT2D eigenvalue weighted by atomic mass is 9.86. The van der Waals surface area contributed by atoms with Crippen LogP contribution >= 0.6 is 0 Å². The molecule has 7 heteroatoms. The average Bonchev–Trinajstić information content (AvgIpc) is 3.52. The van der Waals surface area contributed by atoms with Gasteiger partial charge in [0.25, 0.3) is 5.91 Å². The highest BCUT2D eigenvalue weighted by Gasteiger charge is 2.44. The molecule has 30 heavy (non-hydrogen) atoms. The van der Waals surface area contributed by atoms with E-state index in [0.717, 1.165) is 55.9 Å². The number of aryl methyl sites for hydroxylation is 2. The highest BCUT2D eigenvalue weighted by molar-refractivity contribution is 5.92. The first-order chi connectivity index (χ1) is 14.5. The molecule has 0 unspecified atom stereocenters. The number of benzene rings is 1. The molecular weight excluding hydrogens is 376 g/mol. The lowest BCUT2D eigenvalue weighted by Gasteiger charge is -2.24. The lowest BCUT2D eigenvalue weighted by Crippen LogP contribution is -2.34. The molecule has 2 aromatic heterocycles. The van der Waals surface area contributed by atoms with Crippen molar-refractivity contribution in [1.82, 2.24) is 29.5 Å². The molecule has 0 saturated carbocycles. The molecule has 7 nitrogen and oxygen atoms in total. The number of hydrogen-bond donors (Lipinski definition) is 1. The zero-order valence-corrected chi connectivity index (χ0v) is 18.1. The van der Waals surface area contributed by atoms with Crippen molar-refractivity contribution in [3.05, 3.63) is 47.0 Å². The Morgan fingerprint density at radius 3 is 2.73 bits per heavy atom. The number of nitrogens with one attached hydrogen (secondary N) is 1. The van der Waals surface area contributed by atoms with Gasteiger partial charge in [-0.15, -0.1) is 0 Å². The van der Waals surface area contributed by atoms with E-state index in [4.69, 9.17) is 0 Å². The van der Waals surface area contributed by atoms with Crippen LogP contribution in [0.15, 0.2) is 24.5 Å². The van der Waals surface area contributed by atoms with Crippen molar-refractivity contribution in [3.8, 4) is 0 Å². The summed E-state index contributed by atoms with van der Waals surface area (Å²) >= 11 is 0. The second-order valence-corrected chi connectivity index (χ2v) is 9.17. The fourth-order valence-electron chi connectivity index (χ4n) is 5.08. The molecule has 2 aliphatic heterocycles. The highest BCUT2D eigenvalue weighted by Crippen LogP contribution is 2.39. The lowest BCUT2D eigenvalue weighted by molar-refractivity contribution is 0.0767. The number of carbonyl (C=O) groups is 1. The van der Waals surface area contributed by atoms with Crippen molar-refractivity contribution in [2.75, 3.05) is 32.7 Å². The standard InChI is InChI=1S/C23H30N6O/c1-4-27-7-5-23(13-27)6-8-28(14-23)22(30)20-11-18(25-26-20)12-29-15-24-19-9-16(2)17(3)10-21(19)29/h9-11,15H,4-8,12-14H2,1-3H3,(H,25,26)/t23-/m0/s1. The number of H-pyrrole nitrogens is 1. The van der Waals surface area contributed by atoms with Gasteiger partial charge >= 0.3 is 0 Å². The van der Waals surface area contributed by atoms with Crippen LogP contribution in [-0.4, -0.2) is 68.2 Å². The number of rotatable bonds is 4. The van der Waals surface area contributed by atoms with E-state index in [-0.39, 0.29) is 11.3 Å². The van der Waals surface area contributed by atoms with Gasteiger partial charge in [0.15, 0.2) is 0 Å². The maximum Gasteiger partial charge on any atom is 0.274 e. The zero-order valence-electron chi connectivity index (χ0n) is 18.1. The minimum atomic E-state index is 0.0475. The fourth-order valence-corrected chi connectivity index (χ4v) is 5.08. The van der Waals surface area contributed by atoms with E-state index in [1.54, 1.807) is 0 Å². The molecule has 4 heterocycles. The third kappa shape index (κ3) is 3.31. The normalized spacial score (nSPS) is 22.0. The van der Waals surface area contributed by atoms with Crippen LogP contribution in [0.3, 0.4) is 0 Å². The van der Waals surface area contributed by atoms with Crippen LogP contribution in [-0.2, 0) is 6.54 Å². The van der Waals surface area contributed by atoms with Crippen molar-refractivity contribution in [2.24, 2.45) is 5.41 Å². The predicted octanol–water partition coefficient (Wildman–Crippen LogP) is 2.98. The molecule has 1 N–H and O–H groups in total. The van der Waals surface area contributed by atoms with Gasteiger partial charge in [-0.05, 0) is 69.1 Å². The molecule has 2 fully saturated rings. The van der Waals surface area contributed by atoms with Gasteiger partial charge in [-0.25, -0.2) is 4.98 Å². The van der Waals surface area contributed by atoms with Crippen LogP contribution in [0.1, 0.15) is 47.1 Å². The largest absolute Gasteiger partial charge is 0.337 e. The van der Waals surface area contributed by atoms with Gasteiger partial charge in [0, 0.05) is 25.0 Å². The van der Waals surface area contributed by atoms with Crippen LogP contribution in [0.2, 0.25) is 0 Å². The second-order valence-electron chi connectivity index (χ2n) is 9.17. The first-order valence-electron chi connectivity index (χ1n) is 10.9. The van der Waals surface area contributed by atoms with Crippen molar-refractivity contribution >= 4 is 16.9 Å². The Balaban J connectivity index is 1.29. The number of hydrogen-bond acceptors (Lipinski definition) is 4. The third-order valence-corrected chi connectivity index (χ3v) is 7.12. The number of aromatic amines is 1. The number of fused-ring (bicyclic) bond motifs is 1. The Labute approximate surface area is 177 Å². The Bertz CT molecular complexity index is 1100. The van der Waals surface area contributed by atoms with Crippen molar-refractivity contribution < 1.29 is 4.79 Å². The summed E-state index contributed by atoms with van der Waals surface area (Å²) < 4.78 is 2.10. The summed E-state index contributed by atoms with van der Waals surface area (Å²) in [5, 5.41) is 7.40. The van der Waals surface area contributed by atoms with Crippen LogP contribution in [0, 0.1) is 19.3 Å². The van der Waals surface area contributed by atoms with E-state index < -0.39 is 0 Å². The smallest absolute Gasteiger partial charge is 0.274 e. The average molecular weight is 407 g/mol. The summed E-state index contributed by atoms with van der Waals surface area (Å²) in [6.45, 7) is 12.1. The first kappa shape index (κ1) is 19.3. The molecule has 1 atom stereocenters. The van der Waals surface area contributed by atoms with Crippen LogP contribution < -0.4 is 0 Å². The topological polar surface area (TPSA) is 70.1 Å². The molecule has 1 aromatic carbocycles. The maximum atomic E-state index is 13.1. The van der Waals surface area contributed by atoms with Crippen molar-refractivity contribution in [2.45, 2.75) is 40.2 Å². The van der Waals surface area contributed by atoms with E-state index in [0.29, 0.717) is 12.2 Å². The van der Waals surface area contributed by atoms with E-state index in [2.05, 4.69) is 57.6 Å². The summed E-state index contributed by atoms with van der Waals surface area (Å²) in [6.07, 6.45) is 4.16. The number of aromatic nitrogens is 4. The monoisotopic (exact) mass is 406 g/mol. The summed E-state index contributed by atoms with van der Waals surface area (Å²) in [5.74, 6) is 0.0475. The molecule has 2 aliphatic rings. The van der Waals surface area contributed by atoms with Crippen LogP contribution in [0.4, 0.5) is 0 Å². The zero-order chi connectivity index (χ0) is 20.9. The van der Waals surface area contributed by atoms with E-state index in [9.17, 15) is 4.79 Å². The second kappa shape index (κ2) is 7.23. The Kier molecular flexibility index (Phi) is 4.65. The molecule has 3 aromatic rings. The van der Waals surface area contributed by atoms with Gasteiger partial charge in [0.05, 0.1) is 29.6 Å². The van der Waals surface area contributed by atoms with Gasteiger partial charge in [0.2, 0.25) is 0 Å². The van der Waals surface area contributed by atoms with E-state index in [1.165, 1.54) is 17.5 Å². The van der Waals surface area contributed by atoms with Crippen LogP contribution in [0.5, 0.6) is 0 Å². The molecular formula is C23H30N6O. The minimum Gasteiger partial charge on any atom is -0.337 e. The van der Waals surface area contributed by atoms with Gasteiger partial charge in [-0.2, -0.15) is 5.10 Å². The Hall–Kier alpha value is -2.67. The van der Waals surface area contributed by atoms with Gasteiger partial charge in [-0.1, -0.05) is 6.92 Å². The molecule has 1 amide bonds. The molecule has 158 valence electrons. The van der Waals surface area contributed by atoms with E-state index in [1.807, 2.05) is 17.3 Å². The van der Waals surface area contributed by atoms with Gasteiger partial charge < -0.3 is 14.4 Å². The molecule has 1 spiro atoms. The van der Waals surface area contributed by atoms with Gasteiger partial charge in [0.1, 0.15) is 5.69 Å². The molecule has 5 rings (SSSR count). The van der Waals surface area contributed by atoms with Crippen molar-refractivity contribution in [1.29, 1.82) is 0 Å². The third-order valence-electron chi connectivity index (χ3n) is 7.12. The van der Waals surface area contributed by atoms with Crippen molar-refractivity contribution in [3.63, 3.8) is 0 Å². The quantitative estimate of drug-likeness (QED) is 0.723. The predicted molar refractivity (Wildman–Crippen MR) is 117 cm³/mol. The fraction of sp³-hybridized carbons (Fsp3) is 0.522. The SMILES string of the molecule is CCN1CC[C@]2(CCN(C(=O)c3cc(Cn4cnc5cc(C)c(C)cc54)[nH]n3)C2)C1. The number of nitrogens with zero attached hydrogens (tertiary/aromatic N) is 5. The summed E-state index contributed by atoms with van der Waals surface area (Å²) in [6, 6.07) is 6.19. The number of amides is 1. The van der Waals surface area contributed by atoms with E-state index >= 15 is 0 Å².